The number of carbonyl (C=O) groups excluding carboxylic acids is 1. The Balaban J connectivity index is 1.43. The number of fused-ring (bicyclic) bond motifs is 1. The van der Waals surface area contributed by atoms with E-state index in [9.17, 15) is 4.79 Å². The molecule has 7 heteroatoms. The molecule has 0 saturated carbocycles. The third-order valence-electron chi connectivity index (χ3n) is 5.90. The van der Waals surface area contributed by atoms with Gasteiger partial charge in [0.25, 0.3) is 5.91 Å². The fraction of sp³-hybridized carbons (Fsp3) is 0.375. The second-order valence-electron chi connectivity index (χ2n) is 7.97. The van der Waals surface area contributed by atoms with Gasteiger partial charge in [0.1, 0.15) is 6.10 Å². The number of pyridine rings is 2. The maximum absolute atomic E-state index is 13.3. The molecule has 0 unspecified atom stereocenters. The molecule has 0 N–H and O–H groups in total. The van der Waals surface area contributed by atoms with E-state index < -0.39 is 0 Å². The number of nitrogens with zero attached hydrogens (tertiary/aromatic N) is 4. The van der Waals surface area contributed by atoms with Crippen LogP contribution < -0.4 is 0 Å². The molecule has 2 aliphatic heterocycles. The monoisotopic (exact) mass is 418 g/mol. The summed E-state index contributed by atoms with van der Waals surface area (Å²) in [6.45, 7) is 5.47. The lowest BCUT2D eigenvalue weighted by Gasteiger charge is -2.33. The minimum absolute atomic E-state index is 0.0348. The molecule has 1 amide bonds. The molecule has 0 bridgehead atoms. The number of benzene rings is 1. The number of carbonyl (C=O) groups is 1. The van der Waals surface area contributed by atoms with Crippen LogP contribution in [0.15, 0.2) is 54.9 Å². The van der Waals surface area contributed by atoms with Crippen LogP contribution in [0.2, 0.25) is 0 Å². The molecule has 2 aromatic heterocycles. The largest absolute Gasteiger partial charge is 0.378 e. The third-order valence-corrected chi connectivity index (χ3v) is 5.90. The molecule has 2 fully saturated rings. The third kappa shape index (κ3) is 4.44. The Morgan fingerprint density at radius 1 is 1.03 bits per heavy atom. The molecule has 1 aromatic carbocycles. The van der Waals surface area contributed by atoms with Crippen molar-refractivity contribution < 1.29 is 14.3 Å². The highest BCUT2D eigenvalue weighted by Crippen LogP contribution is 2.27. The SMILES string of the molecule is O=C(c1cc([C@H]2CN(Cc3ccncc3)CCO2)nc2ccccc12)N1CCOCC1. The van der Waals surface area contributed by atoms with Crippen LogP contribution in [0.5, 0.6) is 0 Å². The Kier molecular flexibility index (Phi) is 5.88. The minimum atomic E-state index is -0.170. The van der Waals surface area contributed by atoms with Crippen molar-refractivity contribution in [3.05, 3.63) is 71.7 Å². The fourth-order valence-electron chi connectivity index (χ4n) is 4.25. The summed E-state index contributed by atoms with van der Waals surface area (Å²) >= 11 is 0. The van der Waals surface area contributed by atoms with Crippen molar-refractivity contribution >= 4 is 16.8 Å². The maximum atomic E-state index is 13.3. The van der Waals surface area contributed by atoms with Gasteiger partial charge in [-0.1, -0.05) is 18.2 Å². The highest BCUT2D eigenvalue weighted by atomic mass is 16.5. The number of amides is 1. The van der Waals surface area contributed by atoms with Crippen molar-refractivity contribution in [1.29, 1.82) is 0 Å². The van der Waals surface area contributed by atoms with Crippen LogP contribution in [0.3, 0.4) is 0 Å². The predicted octanol–water partition coefficient (Wildman–Crippen LogP) is 2.68. The summed E-state index contributed by atoms with van der Waals surface area (Å²) in [5, 5.41) is 0.882. The van der Waals surface area contributed by atoms with Gasteiger partial charge >= 0.3 is 0 Å². The van der Waals surface area contributed by atoms with Crippen LogP contribution in [0.25, 0.3) is 10.9 Å². The van der Waals surface area contributed by atoms with Crippen molar-refractivity contribution in [2.45, 2.75) is 12.6 Å². The molecule has 5 rings (SSSR count). The van der Waals surface area contributed by atoms with E-state index in [1.807, 2.05) is 59.8 Å². The van der Waals surface area contributed by atoms with Crippen LogP contribution in [-0.4, -0.2) is 71.7 Å². The van der Waals surface area contributed by atoms with Crippen molar-refractivity contribution in [1.82, 2.24) is 19.8 Å². The Hall–Kier alpha value is -2.87. The molecule has 7 nitrogen and oxygen atoms in total. The van der Waals surface area contributed by atoms with E-state index in [4.69, 9.17) is 14.5 Å². The van der Waals surface area contributed by atoms with Crippen LogP contribution in [0.4, 0.5) is 0 Å². The van der Waals surface area contributed by atoms with Gasteiger partial charge in [0, 0.05) is 50.5 Å². The van der Waals surface area contributed by atoms with E-state index in [1.165, 1.54) is 5.56 Å². The number of para-hydroxylation sites is 1. The number of rotatable bonds is 4. The Bertz CT molecular complexity index is 1050. The Morgan fingerprint density at radius 3 is 2.68 bits per heavy atom. The lowest BCUT2D eigenvalue weighted by molar-refractivity contribution is -0.0348. The molecular formula is C24H26N4O3. The quantitative estimate of drug-likeness (QED) is 0.649. The lowest BCUT2D eigenvalue weighted by Crippen LogP contribution is -2.41. The summed E-state index contributed by atoms with van der Waals surface area (Å²) in [6.07, 6.45) is 3.47. The van der Waals surface area contributed by atoms with Gasteiger partial charge in [-0.2, -0.15) is 0 Å². The molecule has 2 aliphatic rings. The van der Waals surface area contributed by atoms with Gasteiger partial charge in [-0.15, -0.1) is 0 Å². The molecule has 4 heterocycles. The average Bonchev–Trinajstić information content (AvgIpc) is 2.84. The predicted molar refractivity (Wildman–Crippen MR) is 117 cm³/mol. The van der Waals surface area contributed by atoms with Gasteiger partial charge in [0.2, 0.25) is 0 Å². The van der Waals surface area contributed by atoms with Gasteiger partial charge in [-0.3, -0.25) is 14.7 Å². The molecule has 31 heavy (non-hydrogen) atoms. The van der Waals surface area contributed by atoms with E-state index in [0.717, 1.165) is 36.2 Å². The van der Waals surface area contributed by atoms with E-state index in [1.54, 1.807) is 0 Å². The Labute approximate surface area is 181 Å². The van der Waals surface area contributed by atoms with Crippen LogP contribution in [0.1, 0.15) is 27.7 Å². The molecule has 160 valence electrons. The van der Waals surface area contributed by atoms with E-state index in [2.05, 4.69) is 9.88 Å². The molecule has 0 aliphatic carbocycles. The standard InChI is InChI=1S/C24H26N4O3/c29-24(28-10-12-30-13-11-28)20-15-22(26-21-4-2-1-3-19(20)21)23-17-27(9-14-31-23)16-18-5-7-25-8-6-18/h1-8,15,23H,9-14,16-17H2/t23-/m1/s1. The zero-order valence-corrected chi connectivity index (χ0v) is 17.4. The number of morpholine rings is 2. The topological polar surface area (TPSA) is 67.8 Å². The smallest absolute Gasteiger partial charge is 0.254 e. The summed E-state index contributed by atoms with van der Waals surface area (Å²) in [7, 11) is 0. The van der Waals surface area contributed by atoms with Gasteiger partial charge in [-0.25, -0.2) is 4.98 Å². The van der Waals surface area contributed by atoms with Crippen LogP contribution >= 0.6 is 0 Å². The highest BCUT2D eigenvalue weighted by molar-refractivity contribution is 6.06. The van der Waals surface area contributed by atoms with Crippen molar-refractivity contribution in [3.63, 3.8) is 0 Å². The summed E-state index contributed by atoms with van der Waals surface area (Å²) < 4.78 is 11.5. The normalized spacial score (nSPS) is 20.1. The van der Waals surface area contributed by atoms with Crippen LogP contribution in [0, 0.1) is 0 Å². The number of hydrogen-bond donors (Lipinski definition) is 0. The first-order chi connectivity index (χ1) is 15.3. The zero-order valence-electron chi connectivity index (χ0n) is 17.4. The first-order valence-electron chi connectivity index (χ1n) is 10.8. The Morgan fingerprint density at radius 2 is 1.84 bits per heavy atom. The fourth-order valence-corrected chi connectivity index (χ4v) is 4.25. The van der Waals surface area contributed by atoms with Crippen molar-refractivity contribution in [2.75, 3.05) is 46.0 Å². The van der Waals surface area contributed by atoms with Gasteiger partial charge in [0.05, 0.1) is 36.6 Å². The molecule has 2 saturated heterocycles. The highest BCUT2D eigenvalue weighted by Gasteiger charge is 2.27. The number of hydrogen-bond acceptors (Lipinski definition) is 6. The van der Waals surface area contributed by atoms with E-state index >= 15 is 0 Å². The minimum Gasteiger partial charge on any atom is -0.378 e. The van der Waals surface area contributed by atoms with Gasteiger partial charge < -0.3 is 14.4 Å². The second kappa shape index (κ2) is 9.09. The molecule has 0 radical (unpaired) electrons. The first-order valence-corrected chi connectivity index (χ1v) is 10.8. The number of aromatic nitrogens is 2. The van der Waals surface area contributed by atoms with Crippen molar-refractivity contribution in [2.24, 2.45) is 0 Å². The van der Waals surface area contributed by atoms with Gasteiger partial charge in [-0.05, 0) is 29.8 Å². The summed E-state index contributed by atoms with van der Waals surface area (Å²) in [5.74, 6) is 0.0348. The molecule has 3 aromatic rings. The second-order valence-corrected chi connectivity index (χ2v) is 7.97. The summed E-state index contributed by atoms with van der Waals surface area (Å²) in [5.41, 5.74) is 3.56. The summed E-state index contributed by atoms with van der Waals surface area (Å²) in [6, 6.07) is 13.9. The van der Waals surface area contributed by atoms with Crippen LogP contribution in [-0.2, 0) is 16.0 Å². The maximum Gasteiger partial charge on any atom is 0.254 e. The number of ether oxygens (including phenoxy) is 2. The van der Waals surface area contributed by atoms with Crippen molar-refractivity contribution in [3.8, 4) is 0 Å². The zero-order chi connectivity index (χ0) is 21.0. The molecule has 0 spiro atoms. The summed E-state index contributed by atoms with van der Waals surface area (Å²) in [4.78, 5) is 26.5. The molecule has 1 atom stereocenters. The van der Waals surface area contributed by atoms with E-state index in [0.29, 0.717) is 38.5 Å². The van der Waals surface area contributed by atoms with E-state index in [-0.39, 0.29) is 12.0 Å². The first kappa shape index (κ1) is 20.1. The lowest BCUT2D eigenvalue weighted by atomic mass is 10.0. The molecular weight excluding hydrogens is 392 g/mol. The average molecular weight is 418 g/mol. The van der Waals surface area contributed by atoms with Gasteiger partial charge in [0.15, 0.2) is 0 Å².